The topological polar surface area (TPSA) is 67.8 Å². The van der Waals surface area contributed by atoms with Crippen molar-refractivity contribution in [3.8, 4) is 0 Å². The van der Waals surface area contributed by atoms with E-state index in [2.05, 4.69) is 5.73 Å². The highest BCUT2D eigenvalue weighted by atomic mass is 19.4. The van der Waals surface area contributed by atoms with Gasteiger partial charge in [-0.1, -0.05) is 0 Å². The summed E-state index contributed by atoms with van der Waals surface area (Å²) < 4.78 is 270. The fourth-order valence-electron chi connectivity index (χ4n) is 1.85. The zero-order chi connectivity index (χ0) is 31.3. The number of aliphatic carboxylic acids is 1. The zero-order valence-corrected chi connectivity index (χ0v) is 16.7. The molecule has 224 valence electrons. The molecule has 37 heavy (non-hydrogen) atoms. The van der Waals surface area contributed by atoms with E-state index < -0.39 is 65.4 Å². The van der Waals surface area contributed by atoms with Crippen molar-refractivity contribution in [2.45, 2.75) is 66.4 Å². The van der Waals surface area contributed by atoms with Crippen LogP contribution < -0.4 is 10.8 Å². The van der Waals surface area contributed by atoms with Crippen LogP contribution in [0.5, 0.6) is 0 Å². The molecule has 0 saturated heterocycles. The number of halogens is 21. The van der Waals surface area contributed by atoms with Crippen molar-refractivity contribution in [3.63, 3.8) is 0 Å². The second kappa shape index (κ2) is 9.61. The predicted molar refractivity (Wildman–Crippen MR) is 69.0 cm³/mol. The molecule has 0 aromatic rings. The average molecular weight is 609 g/mol. The Balaban J connectivity index is 0. The first-order chi connectivity index (χ1) is 15.6. The maximum absolute atomic E-state index is 13.3. The van der Waals surface area contributed by atoms with Crippen molar-refractivity contribution in [2.75, 3.05) is 6.54 Å². The van der Waals surface area contributed by atoms with E-state index in [1.165, 1.54) is 0 Å². The van der Waals surface area contributed by atoms with Gasteiger partial charge in [-0.15, -0.1) is 0 Å². The van der Waals surface area contributed by atoms with Crippen LogP contribution in [-0.4, -0.2) is 72.0 Å². The highest BCUT2D eigenvalue weighted by molar-refractivity contribution is 5.75. The molecule has 0 heterocycles. The smallest absolute Gasteiger partial charge is 0.438 e. The highest BCUT2D eigenvalue weighted by Gasteiger charge is 2.99. The van der Waals surface area contributed by atoms with Crippen LogP contribution in [-0.2, 0) is 4.79 Å². The number of alkyl halides is 21. The first-order valence-corrected chi connectivity index (χ1v) is 8.08. The number of hydrogen-bond acceptors (Lipinski definition) is 2. The summed E-state index contributed by atoms with van der Waals surface area (Å²) in [6, 6.07) is 0. The molecule has 3 N–H and O–H groups in total. The summed E-state index contributed by atoms with van der Waals surface area (Å²) in [5.41, 5.74) is -5.48. The molecule has 0 saturated carbocycles. The van der Waals surface area contributed by atoms with Crippen molar-refractivity contribution < 1.29 is 108 Å². The van der Waals surface area contributed by atoms with Gasteiger partial charge in [-0.3, -0.25) is 0 Å². The molecule has 0 aliphatic heterocycles. The third-order valence-electron chi connectivity index (χ3n) is 3.84. The molecular formula is C13H8F21NO2. The van der Waals surface area contributed by atoms with Gasteiger partial charge in [-0.2, -0.15) is 87.8 Å². The van der Waals surface area contributed by atoms with Gasteiger partial charge in [0.05, 0.1) is 6.54 Å². The van der Waals surface area contributed by atoms with E-state index in [-0.39, 0.29) is 0 Å². The first kappa shape index (κ1) is 37.1. The summed E-state index contributed by atoms with van der Waals surface area (Å²) in [6.45, 7) is 3.01. The van der Waals surface area contributed by atoms with E-state index in [0.29, 0.717) is 0 Å². The normalized spacial score (nSPS) is 15.8. The lowest BCUT2D eigenvalue weighted by molar-refractivity contribution is -0.477. The van der Waals surface area contributed by atoms with Gasteiger partial charge in [-0.25, -0.2) is 4.39 Å². The Kier molecular flexibility index (Phi) is 9.64. The Morgan fingerprint density at radius 1 is 0.514 bits per heavy atom. The van der Waals surface area contributed by atoms with Crippen LogP contribution in [0.2, 0.25) is 0 Å². The molecular weight excluding hydrogens is 601 g/mol. The maximum Gasteiger partial charge on any atom is 0.438 e. The molecule has 0 atom stereocenters. The third kappa shape index (κ3) is 4.81. The number of hydrogen-bond donors (Lipinski definition) is 1. The molecule has 0 aliphatic carbocycles. The van der Waals surface area contributed by atoms with Gasteiger partial charge in [0.1, 0.15) is 5.97 Å². The second-order valence-electron chi connectivity index (χ2n) is 6.46. The number of quaternary nitrogens is 1. The Labute approximate surface area is 188 Å². The summed E-state index contributed by atoms with van der Waals surface area (Å²) in [4.78, 5) is 9.72. The van der Waals surface area contributed by atoms with Gasteiger partial charge >= 0.3 is 59.5 Å². The molecule has 24 heteroatoms. The quantitative estimate of drug-likeness (QED) is 0.419. The number of carbonyl (C=O) groups excluding carboxylic acids is 1. The molecule has 0 radical (unpaired) electrons. The molecule has 0 amide bonds. The monoisotopic (exact) mass is 609 g/mol. The average Bonchev–Trinajstić information content (AvgIpc) is 2.64. The van der Waals surface area contributed by atoms with Gasteiger partial charge in [0, 0.05) is 0 Å². The molecule has 3 nitrogen and oxygen atoms in total. The molecule has 0 aromatic carbocycles. The number of rotatable bonds is 8. The van der Waals surface area contributed by atoms with Crippen LogP contribution in [0.3, 0.4) is 0 Å². The van der Waals surface area contributed by atoms with Gasteiger partial charge in [0.15, 0.2) is 0 Å². The van der Waals surface area contributed by atoms with Gasteiger partial charge in [0.2, 0.25) is 0 Å². The molecule has 0 aliphatic rings. The van der Waals surface area contributed by atoms with Crippen molar-refractivity contribution in [2.24, 2.45) is 0 Å². The van der Waals surface area contributed by atoms with E-state index in [4.69, 9.17) is 0 Å². The van der Waals surface area contributed by atoms with Crippen LogP contribution in [0.4, 0.5) is 92.2 Å². The minimum absolute atomic E-state index is 1.00. The van der Waals surface area contributed by atoms with Crippen LogP contribution in [0.1, 0.15) is 6.92 Å². The Hall–Kier alpha value is -2.04. The summed E-state index contributed by atoms with van der Waals surface area (Å²) in [5.74, 6) is -67.4. The fourth-order valence-corrected chi connectivity index (χ4v) is 1.85. The van der Waals surface area contributed by atoms with Crippen molar-refractivity contribution in [3.05, 3.63) is 0 Å². The summed E-state index contributed by atoms with van der Waals surface area (Å²) in [7, 11) is 0. The molecule has 0 fully saturated rings. The van der Waals surface area contributed by atoms with Gasteiger partial charge in [0.25, 0.3) is 0 Å². The molecule has 0 spiro atoms. The van der Waals surface area contributed by atoms with Crippen molar-refractivity contribution >= 4 is 5.97 Å². The molecule has 0 rings (SSSR count). The molecule has 0 aromatic heterocycles. The van der Waals surface area contributed by atoms with Gasteiger partial charge < -0.3 is 15.6 Å². The highest BCUT2D eigenvalue weighted by Crippen LogP contribution is 2.67. The number of carboxylic acid groups (broad SMARTS) is 1. The summed E-state index contributed by atoms with van der Waals surface area (Å²) >= 11 is 0. The number of carbonyl (C=O) groups is 1. The Morgan fingerprint density at radius 2 is 0.703 bits per heavy atom. The SMILES string of the molecule is CC[NH3+].O=C([O-])C(F)(F)C(F)(F)C(F)(F)C(F)(F)C(F)(F)C(F)(F)C(F)(F)C(F)(C(F)(F)F)C(F)(F)F. The van der Waals surface area contributed by atoms with Crippen LogP contribution in [0.25, 0.3) is 0 Å². The minimum atomic E-state index is -9.39. The van der Waals surface area contributed by atoms with E-state index >= 15 is 0 Å². The van der Waals surface area contributed by atoms with Gasteiger partial charge in [-0.05, 0) is 6.92 Å². The lowest BCUT2D eigenvalue weighted by Gasteiger charge is -2.45. The maximum atomic E-state index is 13.3. The molecule has 0 bridgehead atoms. The molecule has 0 unspecified atom stereocenters. The number of carboxylic acids is 1. The van der Waals surface area contributed by atoms with Crippen LogP contribution in [0.15, 0.2) is 0 Å². The van der Waals surface area contributed by atoms with Crippen LogP contribution >= 0.6 is 0 Å². The summed E-state index contributed by atoms with van der Waals surface area (Å²) in [5, 5.41) is 9.72. The lowest BCUT2D eigenvalue weighted by atomic mass is 9.83. The summed E-state index contributed by atoms with van der Waals surface area (Å²) in [6.07, 6.45) is -16.9. The van der Waals surface area contributed by atoms with Crippen molar-refractivity contribution in [1.82, 2.24) is 0 Å². The Bertz CT molecular complexity index is 796. The fraction of sp³-hybridized carbons (Fsp3) is 0.923. The van der Waals surface area contributed by atoms with Crippen molar-refractivity contribution in [1.29, 1.82) is 0 Å². The van der Waals surface area contributed by atoms with E-state index in [0.717, 1.165) is 6.54 Å². The lowest BCUT2D eigenvalue weighted by Crippen LogP contribution is -2.79. The van der Waals surface area contributed by atoms with E-state index in [1.807, 2.05) is 6.92 Å². The Morgan fingerprint density at radius 3 is 0.892 bits per heavy atom. The standard InChI is InChI=1S/C11HF21O2.C2H7N/c12-2(13,1(33)34)4(15,16)6(19,20)8(23,24)9(25,26)7(21,22)5(17,18)3(14,10(27,28)29)11(30,31)32;1-2-3/h(H,33,34);2-3H2,1H3. The zero-order valence-electron chi connectivity index (χ0n) is 16.7. The second-order valence-corrected chi connectivity index (χ2v) is 6.46. The van der Waals surface area contributed by atoms with E-state index in [1.54, 1.807) is 0 Å². The third-order valence-corrected chi connectivity index (χ3v) is 3.84. The predicted octanol–water partition coefficient (Wildman–Crippen LogP) is 4.26. The van der Waals surface area contributed by atoms with Crippen LogP contribution in [0, 0.1) is 0 Å². The largest absolute Gasteiger partial charge is 0.544 e. The first-order valence-electron chi connectivity index (χ1n) is 8.08. The van der Waals surface area contributed by atoms with E-state index in [9.17, 15) is 102 Å². The minimum Gasteiger partial charge on any atom is -0.544 e.